The molecule has 1 aromatic heterocycles. The highest BCUT2D eigenvalue weighted by Crippen LogP contribution is 2.24. The van der Waals surface area contributed by atoms with Crippen LogP contribution in [0.1, 0.15) is 19.5 Å². The lowest BCUT2D eigenvalue weighted by atomic mass is 10.0. The van der Waals surface area contributed by atoms with Crippen molar-refractivity contribution in [3.05, 3.63) is 46.7 Å². The Bertz CT molecular complexity index is 543. The molecule has 0 spiro atoms. The van der Waals surface area contributed by atoms with E-state index in [9.17, 15) is 4.39 Å². The molecule has 1 heterocycles. The van der Waals surface area contributed by atoms with E-state index < -0.39 is 5.54 Å². The van der Waals surface area contributed by atoms with Gasteiger partial charge in [-0.1, -0.05) is 15.9 Å². The van der Waals surface area contributed by atoms with Crippen molar-refractivity contribution < 1.29 is 4.39 Å². The number of imidazole rings is 1. The molecule has 2 N–H and O–H groups in total. The van der Waals surface area contributed by atoms with Crippen LogP contribution in [0.25, 0.3) is 5.69 Å². The number of benzene rings is 1. The van der Waals surface area contributed by atoms with Gasteiger partial charge in [0.25, 0.3) is 0 Å². The summed E-state index contributed by atoms with van der Waals surface area (Å²) in [5.74, 6) is -0.317. The summed E-state index contributed by atoms with van der Waals surface area (Å²) < 4.78 is 16.2. The Morgan fingerprint density at radius 2 is 2.12 bits per heavy atom. The minimum atomic E-state index is -0.573. The highest BCUT2D eigenvalue weighted by molar-refractivity contribution is 9.10. The number of halogens is 2. The van der Waals surface area contributed by atoms with E-state index in [1.807, 2.05) is 13.8 Å². The molecule has 5 heteroatoms. The van der Waals surface area contributed by atoms with Crippen molar-refractivity contribution in [2.45, 2.75) is 19.4 Å². The Balaban J connectivity index is 2.58. The summed E-state index contributed by atoms with van der Waals surface area (Å²) in [5, 5.41) is 0. The van der Waals surface area contributed by atoms with Gasteiger partial charge in [-0.05, 0) is 32.0 Å². The topological polar surface area (TPSA) is 43.8 Å². The maximum atomic E-state index is 13.9. The Kier molecular flexibility index (Phi) is 3.05. The minimum Gasteiger partial charge on any atom is -0.321 e. The highest BCUT2D eigenvalue weighted by atomic mass is 79.9. The monoisotopic (exact) mass is 297 g/mol. The molecule has 0 atom stereocenters. The maximum absolute atomic E-state index is 13.9. The zero-order chi connectivity index (χ0) is 12.6. The van der Waals surface area contributed by atoms with Crippen LogP contribution in [-0.2, 0) is 5.54 Å². The summed E-state index contributed by atoms with van der Waals surface area (Å²) in [6, 6.07) is 4.89. The van der Waals surface area contributed by atoms with Crippen LogP contribution in [0.15, 0.2) is 35.2 Å². The van der Waals surface area contributed by atoms with Gasteiger partial charge in [-0.2, -0.15) is 0 Å². The normalized spacial score (nSPS) is 11.8. The first-order chi connectivity index (χ1) is 7.89. The Morgan fingerprint density at radius 3 is 2.71 bits per heavy atom. The van der Waals surface area contributed by atoms with Gasteiger partial charge in [0.2, 0.25) is 0 Å². The summed E-state index contributed by atoms with van der Waals surface area (Å²) in [6.07, 6.45) is 3.22. The van der Waals surface area contributed by atoms with Gasteiger partial charge >= 0.3 is 0 Å². The highest BCUT2D eigenvalue weighted by Gasteiger charge is 2.21. The third-order valence-corrected chi connectivity index (χ3v) is 2.96. The summed E-state index contributed by atoms with van der Waals surface area (Å²) in [4.78, 5) is 4.03. The molecule has 0 aliphatic heterocycles. The lowest BCUT2D eigenvalue weighted by molar-refractivity contribution is 0.519. The number of hydrogen-bond acceptors (Lipinski definition) is 2. The molecule has 90 valence electrons. The Hall–Kier alpha value is -1.20. The van der Waals surface area contributed by atoms with Gasteiger partial charge in [-0.15, -0.1) is 0 Å². The molecule has 3 nitrogen and oxygen atoms in total. The van der Waals surface area contributed by atoms with Crippen molar-refractivity contribution >= 4 is 15.9 Å². The van der Waals surface area contributed by atoms with Crippen LogP contribution < -0.4 is 5.73 Å². The Morgan fingerprint density at radius 1 is 1.41 bits per heavy atom. The standard InChI is InChI=1S/C12H13BrFN3/c1-12(2,15)11-6-16-7-17(11)10-4-3-8(13)5-9(10)14/h3-7H,15H2,1-2H3. The van der Waals surface area contributed by atoms with Crippen LogP contribution >= 0.6 is 15.9 Å². The van der Waals surface area contributed by atoms with Gasteiger partial charge < -0.3 is 5.73 Å². The zero-order valence-corrected chi connectivity index (χ0v) is 11.2. The smallest absolute Gasteiger partial charge is 0.148 e. The summed E-state index contributed by atoms with van der Waals surface area (Å²) >= 11 is 3.23. The van der Waals surface area contributed by atoms with Crippen molar-refractivity contribution in [1.82, 2.24) is 9.55 Å². The van der Waals surface area contributed by atoms with Crippen molar-refractivity contribution in [2.75, 3.05) is 0 Å². The number of nitrogens with zero attached hydrogens (tertiary/aromatic N) is 2. The average molecular weight is 298 g/mol. The third-order valence-electron chi connectivity index (χ3n) is 2.47. The second kappa shape index (κ2) is 4.23. The van der Waals surface area contributed by atoms with E-state index in [0.29, 0.717) is 10.2 Å². The number of aromatic nitrogens is 2. The summed E-state index contributed by atoms with van der Waals surface area (Å²) in [5.41, 5.74) is 6.66. The van der Waals surface area contributed by atoms with Gasteiger partial charge in [-0.25, -0.2) is 9.37 Å². The van der Waals surface area contributed by atoms with Crippen LogP contribution in [0.4, 0.5) is 4.39 Å². The maximum Gasteiger partial charge on any atom is 0.148 e. The fourth-order valence-electron chi connectivity index (χ4n) is 1.64. The average Bonchev–Trinajstić information content (AvgIpc) is 2.65. The zero-order valence-electron chi connectivity index (χ0n) is 9.61. The van der Waals surface area contributed by atoms with Crippen LogP contribution in [0.3, 0.4) is 0 Å². The SMILES string of the molecule is CC(C)(N)c1cncn1-c1ccc(Br)cc1F. The lowest BCUT2D eigenvalue weighted by Gasteiger charge is -2.20. The molecule has 0 unspecified atom stereocenters. The largest absolute Gasteiger partial charge is 0.321 e. The molecular weight excluding hydrogens is 285 g/mol. The van der Waals surface area contributed by atoms with Crippen LogP contribution in [0.2, 0.25) is 0 Å². The van der Waals surface area contributed by atoms with E-state index in [-0.39, 0.29) is 5.82 Å². The van der Waals surface area contributed by atoms with Crippen LogP contribution in [0.5, 0.6) is 0 Å². The molecule has 2 rings (SSSR count). The number of hydrogen-bond donors (Lipinski definition) is 1. The van der Waals surface area contributed by atoms with Crippen molar-refractivity contribution in [2.24, 2.45) is 5.73 Å². The molecule has 17 heavy (non-hydrogen) atoms. The minimum absolute atomic E-state index is 0.317. The quantitative estimate of drug-likeness (QED) is 0.926. The molecule has 0 radical (unpaired) electrons. The van der Waals surface area contributed by atoms with E-state index in [1.165, 1.54) is 6.07 Å². The summed E-state index contributed by atoms with van der Waals surface area (Å²) in [6.45, 7) is 3.72. The van der Waals surface area contributed by atoms with E-state index in [4.69, 9.17) is 5.73 Å². The molecule has 2 aromatic rings. The van der Waals surface area contributed by atoms with Gasteiger partial charge in [0.1, 0.15) is 5.82 Å². The van der Waals surface area contributed by atoms with E-state index >= 15 is 0 Å². The second-order valence-electron chi connectivity index (χ2n) is 4.47. The van der Waals surface area contributed by atoms with Crippen LogP contribution in [0, 0.1) is 5.82 Å². The van der Waals surface area contributed by atoms with E-state index in [2.05, 4.69) is 20.9 Å². The molecular formula is C12H13BrFN3. The fourth-order valence-corrected chi connectivity index (χ4v) is 1.97. The summed E-state index contributed by atoms with van der Waals surface area (Å²) in [7, 11) is 0. The van der Waals surface area contributed by atoms with Crippen molar-refractivity contribution in [3.63, 3.8) is 0 Å². The fraction of sp³-hybridized carbons (Fsp3) is 0.250. The molecule has 0 fully saturated rings. The first-order valence-corrected chi connectivity index (χ1v) is 5.96. The van der Waals surface area contributed by atoms with Gasteiger partial charge in [-0.3, -0.25) is 4.57 Å². The Labute approximate surface area is 108 Å². The molecule has 0 aliphatic rings. The van der Waals surface area contributed by atoms with Gasteiger partial charge in [0.15, 0.2) is 0 Å². The van der Waals surface area contributed by atoms with Crippen molar-refractivity contribution in [3.8, 4) is 5.69 Å². The van der Waals surface area contributed by atoms with E-state index in [0.717, 1.165) is 5.69 Å². The third kappa shape index (κ3) is 2.40. The first kappa shape index (κ1) is 12.3. The molecule has 0 saturated heterocycles. The number of rotatable bonds is 2. The van der Waals surface area contributed by atoms with Crippen molar-refractivity contribution in [1.29, 1.82) is 0 Å². The molecule has 0 saturated carbocycles. The first-order valence-electron chi connectivity index (χ1n) is 5.17. The molecule has 1 aromatic carbocycles. The molecule has 0 aliphatic carbocycles. The second-order valence-corrected chi connectivity index (χ2v) is 5.38. The van der Waals surface area contributed by atoms with Gasteiger partial charge in [0.05, 0.1) is 29.4 Å². The predicted molar refractivity (Wildman–Crippen MR) is 68.4 cm³/mol. The predicted octanol–water partition coefficient (Wildman–Crippen LogP) is 2.97. The van der Waals surface area contributed by atoms with Gasteiger partial charge in [0, 0.05) is 4.47 Å². The molecule has 0 bridgehead atoms. The van der Waals surface area contributed by atoms with Crippen LogP contribution in [-0.4, -0.2) is 9.55 Å². The molecule has 0 amide bonds. The van der Waals surface area contributed by atoms with E-state index in [1.54, 1.807) is 29.2 Å². The number of nitrogens with two attached hydrogens (primary N) is 1. The lowest BCUT2D eigenvalue weighted by Crippen LogP contribution is -2.31.